The molecule has 128 valence electrons. The molecule has 2 aromatic rings. The summed E-state index contributed by atoms with van der Waals surface area (Å²) in [6.45, 7) is 1.52. The summed E-state index contributed by atoms with van der Waals surface area (Å²) in [5.41, 5.74) is 6.98. The molecule has 24 heavy (non-hydrogen) atoms. The molecule has 0 bridgehead atoms. The van der Waals surface area contributed by atoms with Gasteiger partial charge in [0.1, 0.15) is 5.82 Å². The number of likely N-dealkylation sites (tertiary alicyclic amines) is 1. The van der Waals surface area contributed by atoms with Crippen molar-refractivity contribution in [2.24, 2.45) is 11.7 Å². The standard InChI is InChI=1S/C18H18ClFN2O.ClH/c19-15-7-4-8-16(20)17(15)18(23)22-10-13(9-21)14(11-22)12-5-2-1-3-6-12;/h1-8,13-14H,9-11,21H2;1H/t13-,14+;/m1./s1. The average Bonchev–Trinajstić information content (AvgIpc) is 3.00. The topological polar surface area (TPSA) is 46.3 Å². The lowest BCUT2D eigenvalue weighted by Crippen LogP contribution is -2.30. The molecule has 0 unspecified atom stereocenters. The number of rotatable bonds is 3. The Labute approximate surface area is 152 Å². The Morgan fingerprint density at radius 2 is 1.88 bits per heavy atom. The second kappa shape index (κ2) is 7.97. The lowest BCUT2D eigenvalue weighted by Gasteiger charge is -2.18. The Kier molecular flexibility index (Phi) is 6.21. The summed E-state index contributed by atoms with van der Waals surface area (Å²) in [5.74, 6) is -0.637. The number of amides is 1. The zero-order chi connectivity index (χ0) is 16.4. The summed E-state index contributed by atoms with van der Waals surface area (Å²) < 4.78 is 14.0. The molecule has 3 rings (SSSR count). The van der Waals surface area contributed by atoms with E-state index in [-0.39, 0.29) is 40.7 Å². The summed E-state index contributed by atoms with van der Waals surface area (Å²) in [6, 6.07) is 14.3. The van der Waals surface area contributed by atoms with Gasteiger partial charge in [0.15, 0.2) is 0 Å². The van der Waals surface area contributed by atoms with Crippen molar-refractivity contribution in [3.05, 3.63) is 70.5 Å². The van der Waals surface area contributed by atoms with E-state index in [4.69, 9.17) is 17.3 Å². The Morgan fingerprint density at radius 3 is 2.50 bits per heavy atom. The second-order valence-corrected chi connectivity index (χ2v) is 6.23. The lowest BCUT2D eigenvalue weighted by molar-refractivity contribution is 0.0782. The SMILES string of the molecule is Cl.NC[C@@H]1CN(C(=O)c2c(F)cccc2Cl)C[C@H]1c1ccccc1. The van der Waals surface area contributed by atoms with E-state index >= 15 is 0 Å². The number of nitrogens with zero attached hydrogens (tertiary/aromatic N) is 1. The van der Waals surface area contributed by atoms with Crippen LogP contribution in [-0.4, -0.2) is 30.4 Å². The fourth-order valence-corrected chi connectivity index (χ4v) is 3.46. The molecule has 2 N–H and O–H groups in total. The maximum absolute atomic E-state index is 14.0. The van der Waals surface area contributed by atoms with Crippen LogP contribution in [0.25, 0.3) is 0 Å². The molecular formula is C18H19Cl2FN2O. The Balaban J connectivity index is 0.00000208. The van der Waals surface area contributed by atoms with Crippen molar-refractivity contribution < 1.29 is 9.18 Å². The van der Waals surface area contributed by atoms with E-state index in [1.165, 1.54) is 18.2 Å². The van der Waals surface area contributed by atoms with Gasteiger partial charge in [0.25, 0.3) is 5.91 Å². The molecule has 0 spiro atoms. The van der Waals surface area contributed by atoms with Crippen LogP contribution in [0.4, 0.5) is 4.39 Å². The van der Waals surface area contributed by atoms with Gasteiger partial charge in [0.2, 0.25) is 0 Å². The first-order valence-electron chi connectivity index (χ1n) is 7.60. The molecule has 6 heteroatoms. The number of hydrogen-bond acceptors (Lipinski definition) is 2. The summed E-state index contributed by atoms with van der Waals surface area (Å²) in [6.07, 6.45) is 0. The smallest absolute Gasteiger partial charge is 0.258 e. The maximum atomic E-state index is 14.0. The first-order valence-corrected chi connectivity index (χ1v) is 7.98. The lowest BCUT2D eigenvalue weighted by atomic mass is 9.89. The minimum Gasteiger partial charge on any atom is -0.338 e. The van der Waals surface area contributed by atoms with Crippen LogP contribution in [0.2, 0.25) is 5.02 Å². The largest absolute Gasteiger partial charge is 0.338 e. The van der Waals surface area contributed by atoms with Gasteiger partial charge in [0.05, 0.1) is 10.6 Å². The van der Waals surface area contributed by atoms with Crippen LogP contribution >= 0.6 is 24.0 Å². The monoisotopic (exact) mass is 368 g/mol. The molecule has 1 heterocycles. The van der Waals surface area contributed by atoms with Crippen LogP contribution in [0.3, 0.4) is 0 Å². The Morgan fingerprint density at radius 1 is 1.17 bits per heavy atom. The van der Waals surface area contributed by atoms with Gasteiger partial charge in [-0.1, -0.05) is 48.0 Å². The summed E-state index contributed by atoms with van der Waals surface area (Å²) in [5, 5.41) is 0.141. The minimum absolute atomic E-state index is 0. The Hall–Kier alpha value is -1.62. The molecule has 1 aliphatic rings. The van der Waals surface area contributed by atoms with Crippen molar-refractivity contribution in [1.29, 1.82) is 0 Å². The highest BCUT2D eigenvalue weighted by atomic mass is 35.5. The molecule has 2 aromatic carbocycles. The zero-order valence-electron chi connectivity index (χ0n) is 13.0. The van der Waals surface area contributed by atoms with E-state index in [0.717, 1.165) is 5.56 Å². The van der Waals surface area contributed by atoms with Crippen molar-refractivity contribution in [3.63, 3.8) is 0 Å². The number of carbonyl (C=O) groups is 1. The third-order valence-electron chi connectivity index (χ3n) is 4.44. The average molecular weight is 369 g/mol. The predicted octanol–water partition coefficient (Wildman–Crippen LogP) is 3.72. The number of hydrogen-bond donors (Lipinski definition) is 1. The van der Waals surface area contributed by atoms with Gasteiger partial charge >= 0.3 is 0 Å². The van der Waals surface area contributed by atoms with Gasteiger partial charge in [-0.15, -0.1) is 12.4 Å². The molecule has 0 aromatic heterocycles. The highest BCUT2D eigenvalue weighted by Gasteiger charge is 2.36. The first-order chi connectivity index (χ1) is 11.1. The maximum Gasteiger partial charge on any atom is 0.258 e. The second-order valence-electron chi connectivity index (χ2n) is 5.82. The van der Waals surface area contributed by atoms with Crippen molar-refractivity contribution in [1.82, 2.24) is 4.90 Å². The first kappa shape index (κ1) is 18.7. The van der Waals surface area contributed by atoms with Crippen LogP contribution in [0.1, 0.15) is 21.8 Å². The van der Waals surface area contributed by atoms with Gasteiger partial charge in [-0.05, 0) is 30.2 Å². The normalized spacial score (nSPS) is 19.9. The van der Waals surface area contributed by atoms with Gasteiger partial charge in [-0.3, -0.25) is 4.79 Å². The molecule has 0 aliphatic carbocycles. The molecule has 3 nitrogen and oxygen atoms in total. The molecule has 0 saturated carbocycles. The van der Waals surface area contributed by atoms with E-state index in [0.29, 0.717) is 19.6 Å². The molecule has 0 radical (unpaired) electrons. The van der Waals surface area contributed by atoms with Gasteiger partial charge in [-0.25, -0.2) is 4.39 Å². The van der Waals surface area contributed by atoms with Gasteiger partial charge in [-0.2, -0.15) is 0 Å². The molecule has 1 aliphatic heterocycles. The Bertz CT molecular complexity index is 691. The summed E-state index contributed by atoms with van der Waals surface area (Å²) >= 11 is 6.01. The fraction of sp³-hybridized carbons (Fsp3) is 0.278. The van der Waals surface area contributed by atoms with Crippen LogP contribution < -0.4 is 5.73 Å². The molecule has 1 amide bonds. The summed E-state index contributed by atoms with van der Waals surface area (Å²) in [4.78, 5) is 14.3. The van der Waals surface area contributed by atoms with Crippen molar-refractivity contribution >= 4 is 29.9 Å². The van der Waals surface area contributed by atoms with Gasteiger partial charge < -0.3 is 10.6 Å². The molecule has 1 saturated heterocycles. The third kappa shape index (κ3) is 3.56. The van der Waals surface area contributed by atoms with Crippen molar-refractivity contribution in [2.45, 2.75) is 5.92 Å². The molecule has 1 fully saturated rings. The molecule has 2 atom stereocenters. The highest BCUT2D eigenvalue weighted by Crippen LogP contribution is 2.33. The van der Waals surface area contributed by atoms with E-state index < -0.39 is 5.82 Å². The van der Waals surface area contributed by atoms with E-state index in [9.17, 15) is 9.18 Å². The van der Waals surface area contributed by atoms with Crippen molar-refractivity contribution in [3.8, 4) is 0 Å². The zero-order valence-corrected chi connectivity index (χ0v) is 14.6. The minimum atomic E-state index is -0.588. The van der Waals surface area contributed by atoms with Crippen molar-refractivity contribution in [2.75, 3.05) is 19.6 Å². The quantitative estimate of drug-likeness (QED) is 0.897. The van der Waals surface area contributed by atoms with Crippen LogP contribution in [-0.2, 0) is 0 Å². The van der Waals surface area contributed by atoms with Gasteiger partial charge in [0, 0.05) is 19.0 Å². The number of carbonyl (C=O) groups excluding carboxylic acids is 1. The predicted molar refractivity (Wildman–Crippen MR) is 96.3 cm³/mol. The number of halogens is 3. The number of nitrogens with two attached hydrogens (primary N) is 1. The fourth-order valence-electron chi connectivity index (χ4n) is 3.21. The van der Waals surface area contributed by atoms with Crippen LogP contribution in [0, 0.1) is 11.7 Å². The van der Waals surface area contributed by atoms with Crippen LogP contribution in [0.15, 0.2) is 48.5 Å². The van der Waals surface area contributed by atoms with E-state index in [1.807, 2.05) is 30.3 Å². The highest BCUT2D eigenvalue weighted by molar-refractivity contribution is 6.33. The van der Waals surface area contributed by atoms with Crippen LogP contribution in [0.5, 0.6) is 0 Å². The summed E-state index contributed by atoms with van der Waals surface area (Å²) in [7, 11) is 0. The van der Waals surface area contributed by atoms with E-state index in [1.54, 1.807) is 4.90 Å². The number of benzene rings is 2. The van der Waals surface area contributed by atoms with E-state index in [2.05, 4.69) is 0 Å². The molecular weight excluding hydrogens is 350 g/mol. The third-order valence-corrected chi connectivity index (χ3v) is 4.75.